The average molecular weight is 281 g/mol. The molecule has 0 aromatic heterocycles. The number of carbonyl (C=O) groups is 1. The molecule has 0 spiro atoms. The van der Waals surface area contributed by atoms with Crippen LogP contribution in [0.1, 0.15) is 39.0 Å². The highest BCUT2D eigenvalue weighted by atomic mass is 16.5. The number of ether oxygens (including phenoxy) is 1. The molecule has 3 unspecified atom stereocenters. The molecule has 3 rings (SSSR count). The fraction of sp³-hybridized carbons (Fsp3) is 0.933. The van der Waals surface area contributed by atoms with Gasteiger partial charge in [0.15, 0.2) is 0 Å². The minimum absolute atomic E-state index is 0.0888. The lowest BCUT2D eigenvalue weighted by atomic mass is 10.0. The van der Waals surface area contributed by atoms with E-state index < -0.39 is 0 Å². The highest BCUT2D eigenvalue weighted by Crippen LogP contribution is 2.25. The monoisotopic (exact) mass is 281 g/mol. The number of likely N-dealkylation sites (tertiary alicyclic amines) is 1. The summed E-state index contributed by atoms with van der Waals surface area (Å²) in [5.41, 5.74) is 0. The van der Waals surface area contributed by atoms with Crippen LogP contribution in [0.25, 0.3) is 0 Å². The van der Waals surface area contributed by atoms with Crippen molar-refractivity contribution in [3.05, 3.63) is 0 Å². The molecule has 1 amide bonds. The number of rotatable bonds is 3. The van der Waals surface area contributed by atoms with Crippen molar-refractivity contribution < 1.29 is 9.53 Å². The number of nitrogens with one attached hydrogen (secondary N) is 2. The number of nitrogens with zero attached hydrogens (tertiary/aromatic N) is 1. The first kappa shape index (κ1) is 14.3. The van der Waals surface area contributed by atoms with Crippen molar-refractivity contribution in [2.75, 3.05) is 26.2 Å². The van der Waals surface area contributed by atoms with Gasteiger partial charge in [-0.2, -0.15) is 0 Å². The second-order valence-electron chi connectivity index (χ2n) is 6.36. The predicted molar refractivity (Wildman–Crippen MR) is 77.6 cm³/mol. The molecule has 3 heterocycles. The minimum Gasteiger partial charge on any atom is -0.376 e. The van der Waals surface area contributed by atoms with E-state index >= 15 is 0 Å². The lowest BCUT2D eigenvalue weighted by molar-refractivity contribution is -0.127. The van der Waals surface area contributed by atoms with Crippen molar-refractivity contribution in [2.45, 2.75) is 63.3 Å². The van der Waals surface area contributed by atoms with Crippen molar-refractivity contribution in [2.24, 2.45) is 0 Å². The van der Waals surface area contributed by atoms with Crippen LogP contribution in [0.4, 0.5) is 0 Å². The largest absolute Gasteiger partial charge is 0.376 e. The molecule has 0 aromatic carbocycles. The highest BCUT2D eigenvalue weighted by Gasteiger charge is 2.37. The van der Waals surface area contributed by atoms with Gasteiger partial charge in [-0.25, -0.2) is 0 Å². The molecule has 20 heavy (non-hydrogen) atoms. The van der Waals surface area contributed by atoms with E-state index in [9.17, 15) is 4.79 Å². The smallest absolute Gasteiger partial charge is 0.237 e. The molecule has 0 aromatic rings. The summed E-state index contributed by atoms with van der Waals surface area (Å²) in [6, 6.07) is 0.885. The van der Waals surface area contributed by atoms with Gasteiger partial charge >= 0.3 is 0 Å². The Labute approximate surface area is 121 Å². The minimum atomic E-state index is 0.0888. The molecule has 0 bridgehead atoms. The van der Waals surface area contributed by atoms with Crippen LogP contribution in [0.2, 0.25) is 0 Å². The van der Waals surface area contributed by atoms with Crippen LogP contribution >= 0.6 is 0 Å². The van der Waals surface area contributed by atoms with Crippen LogP contribution in [0.5, 0.6) is 0 Å². The van der Waals surface area contributed by atoms with Crippen LogP contribution in [0.3, 0.4) is 0 Å². The average Bonchev–Trinajstić information content (AvgIpc) is 3.09. The van der Waals surface area contributed by atoms with E-state index in [4.69, 9.17) is 4.74 Å². The zero-order valence-corrected chi connectivity index (χ0v) is 12.4. The Morgan fingerprint density at radius 3 is 2.75 bits per heavy atom. The number of hydrogen-bond donors (Lipinski definition) is 2. The maximum absolute atomic E-state index is 12.6. The molecule has 0 saturated carbocycles. The summed E-state index contributed by atoms with van der Waals surface area (Å²) in [5, 5.41) is 6.62. The van der Waals surface area contributed by atoms with Gasteiger partial charge in [0.05, 0.1) is 18.2 Å². The first-order valence-corrected chi connectivity index (χ1v) is 8.14. The van der Waals surface area contributed by atoms with Gasteiger partial charge in [-0.1, -0.05) is 0 Å². The van der Waals surface area contributed by atoms with Crippen LogP contribution in [0.15, 0.2) is 0 Å². The van der Waals surface area contributed by atoms with Gasteiger partial charge in [0, 0.05) is 12.6 Å². The highest BCUT2D eigenvalue weighted by molar-refractivity contribution is 5.82. The van der Waals surface area contributed by atoms with E-state index in [0.29, 0.717) is 6.04 Å². The van der Waals surface area contributed by atoms with Crippen LogP contribution in [-0.4, -0.2) is 61.3 Å². The third-order valence-corrected chi connectivity index (χ3v) is 5.08. The topological polar surface area (TPSA) is 53.6 Å². The summed E-state index contributed by atoms with van der Waals surface area (Å²) in [6.07, 6.45) is 5.62. The summed E-state index contributed by atoms with van der Waals surface area (Å²) >= 11 is 0. The summed E-state index contributed by atoms with van der Waals surface area (Å²) in [6.45, 7) is 6.08. The van der Waals surface area contributed by atoms with Gasteiger partial charge in [0.25, 0.3) is 0 Å². The Balaban J connectivity index is 1.58. The quantitative estimate of drug-likeness (QED) is 0.791. The molecule has 3 saturated heterocycles. The van der Waals surface area contributed by atoms with Gasteiger partial charge in [-0.15, -0.1) is 0 Å². The molecule has 0 aliphatic carbocycles. The molecule has 2 N–H and O–H groups in total. The molecule has 3 aliphatic heterocycles. The molecule has 0 radical (unpaired) electrons. The summed E-state index contributed by atoms with van der Waals surface area (Å²) in [7, 11) is 0. The Morgan fingerprint density at radius 1 is 1.25 bits per heavy atom. The normalized spacial score (nSPS) is 36.4. The second kappa shape index (κ2) is 6.41. The van der Waals surface area contributed by atoms with Crippen molar-refractivity contribution >= 4 is 5.91 Å². The third kappa shape index (κ3) is 3.00. The number of amides is 1. The molecule has 3 atom stereocenters. The fourth-order valence-corrected chi connectivity index (χ4v) is 3.85. The van der Waals surface area contributed by atoms with Crippen molar-refractivity contribution in [1.82, 2.24) is 15.5 Å². The molecule has 3 fully saturated rings. The maximum atomic E-state index is 12.6. The van der Waals surface area contributed by atoms with Crippen LogP contribution in [-0.2, 0) is 9.53 Å². The van der Waals surface area contributed by atoms with E-state index in [0.717, 1.165) is 45.5 Å². The molecule has 5 heteroatoms. The van der Waals surface area contributed by atoms with Gasteiger partial charge in [-0.05, 0) is 58.7 Å². The van der Waals surface area contributed by atoms with E-state index in [-0.39, 0.29) is 24.1 Å². The van der Waals surface area contributed by atoms with Gasteiger partial charge < -0.3 is 15.4 Å². The molecular formula is C15H27N3O2. The molecule has 5 nitrogen and oxygen atoms in total. The summed E-state index contributed by atoms with van der Waals surface area (Å²) in [4.78, 5) is 15.0. The van der Waals surface area contributed by atoms with Gasteiger partial charge in [-0.3, -0.25) is 9.69 Å². The molecule has 3 aliphatic rings. The molecular weight excluding hydrogens is 254 g/mol. The van der Waals surface area contributed by atoms with E-state index in [1.165, 1.54) is 12.8 Å². The number of piperidine rings is 1. The Morgan fingerprint density at radius 2 is 2.05 bits per heavy atom. The van der Waals surface area contributed by atoms with Crippen molar-refractivity contribution in [3.8, 4) is 0 Å². The van der Waals surface area contributed by atoms with E-state index in [2.05, 4.69) is 22.5 Å². The lowest BCUT2D eigenvalue weighted by Gasteiger charge is -2.35. The zero-order valence-electron chi connectivity index (χ0n) is 12.4. The first-order chi connectivity index (χ1) is 9.75. The van der Waals surface area contributed by atoms with E-state index in [1.54, 1.807) is 0 Å². The van der Waals surface area contributed by atoms with E-state index in [1.807, 2.05) is 0 Å². The number of carbonyl (C=O) groups excluding carboxylic acids is 1. The Kier molecular flexibility index (Phi) is 4.58. The lowest BCUT2D eigenvalue weighted by Crippen LogP contribution is -2.53. The summed E-state index contributed by atoms with van der Waals surface area (Å²) < 4.78 is 5.54. The fourth-order valence-electron chi connectivity index (χ4n) is 3.85. The Hall–Kier alpha value is -0.650. The molecule has 114 valence electrons. The second-order valence-corrected chi connectivity index (χ2v) is 6.36. The SMILES string of the molecule is CC1OCCC1NC(=O)C1CCCN1C1CCNCC1. The maximum Gasteiger partial charge on any atom is 0.237 e. The van der Waals surface area contributed by atoms with Crippen LogP contribution < -0.4 is 10.6 Å². The third-order valence-electron chi connectivity index (χ3n) is 5.08. The first-order valence-electron chi connectivity index (χ1n) is 8.14. The van der Waals surface area contributed by atoms with Crippen molar-refractivity contribution in [1.29, 1.82) is 0 Å². The van der Waals surface area contributed by atoms with Crippen LogP contribution in [0, 0.1) is 0 Å². The van der Waals surface area contributed by atoms with Gasteiger partial charge in [0.2, 0.25) is 5.91 Å². The predicted octanol–water partition coefficient (Wildman–Crippen LogP) is 0.496. The Bertz CT molecular complexity index is 344. The standard InChI is InChI=1S/C15H27N3O2/c1-11-13(6-10-20-11)17-15(19)14-3-2-9-18(14)12-4-7-16-8-5-12/h11-14,16H,2-10H2,1H3,(H,17,19). The van der Waals surface area contributed by atoms with Crippen molar-refractivity contribution in [3.63, 3.8) is 0 Å². The van der Waals surface area contributed by atoms with Gasteiger partial charge in [0.1, 0.15) is 0 Å². The summed E-state index contributed by atoms with van der Waals surface area (Å²) in [5.74, 6) is 0.225. The number of hydrogen-bond acceptors (Lipinski definition) is 4. The zero-order chi connectivity index (χ0) is 13.9.